The lowest BCUT2D eigenvalue weighted by molar-refractivity contribution is -0.398. The van der Waals surface area contributed by atoms with Gasteiger partial charge in [0, 0.05) is 11.1 Å². The number of aromatic nitrogens is 2. The molecule has 0 bridgehead atoms. The Morgan fingerprint density at radius 1 is 1.09 bits per heavy atom. The van der Waals surface area contributed by atoms with Crippen molar-refractivity contribution in [3.63, 3.8) is 0 Å². The predicted molar refractivity (Wildman–Crippen MR) is 111 cm³/mol. The molecule has 0 saturated carbocycles. The van der Waals surface area contributed by atoms with Gasteiger partial charge in [-0.1, -0.05) is 65.6 Å². The third-order valence-corrected chi connectivity index (χ3v) is 5.54. The van der Waals surface area contributed by atoms with Gasteiger partial charge in [0.1, 0.15) is 24.6 Å². The van der Waals surface area contributed by atoms with Crippen LogP contribution in [0.4, 0.5) is 5.95 Å². The van der Waals surface area contributed by atoms with Gasteiger partial charge in [0.15, 0.2) is 23.3 Å². The molecule has 1 aliphatic rings. The molecule has 11 heteroatoms. The third kappa shape index (κ3) is 3.72. The molecule has 3 N–H and O–H groups in total. The molecule has 2 aromatic carbocycles. The first kappa shape index (κ1) is 22.4. The number of imidazole rings is 1. The fourth-order valence-corrected chi connectivity index (χ4v) is 3.89. The SMILES string of the molecule is O=C(c1ccccc1)C(O)[C@H]1O[C@@H](n2ccnc2[N+](=O)[O-])[C@@H](O)[C@@]1(O)C(=O)c1ccccc1. The van der Waals surface area contributed by atoms with Crippen LogP contribution in [0.1, 0.15) is 26.9 Å². The van der Waals surface area contributed by atoms with Crippen LogP contribution in [-0.4, -0.2) is 65.3 Å². The molecular weight excluding hydrogens is 434 g/mol. The van der Waals surface area contributed by atoms with E-state index in [1.54, 1.807) is 24.3 Å². The molecule has 1 fully saturated rings. The van der Waals surface area contributed by atoms with E-state index in [2.05, 4.69) is 4.98 Å². The molecule has 1 aromatic heterocycles. The van der Waals surface area contributed by atoms with Crippen LogP contribution in [0.15, 0.2) is 73.1 Å². The zero-order valence-corrected chi connectivity index (χ0v) is 17.0. The molecule has 2 heterocycles. The fourth-order valence-electron chi connectivity index (χ4n) is 3.89. The number of carbonyl (C=O) groups excluding carboxylic acids is 2. The monoisotopic (exact) mass is 453 g/mol. The number of rotatable bonds is 7. The second-order valence-electron chi connectivity index (χ2n) is 7.48. The summed E-state index contributed by atoms with van der Waals surface area (Å²) in [5.41, 5.74) is -2.75. The van der Waals surface area contributed by atoms with Crippen molar-refractivity contribution in [3.05, 3.63) is 94.3 Å². The number of ketones is 2. The third-order valence-electron chi connectivity index (χ3n) is 5.54. The van der Waals surface area contributed by atoms with Crippen LogP contribution in [0.3, 0.4) is 0 Å². The van der Waals surface area contributed by atoms with Gasteiger partial charge in [-0.25, -0.2) is 0 Å². The van der Waals surface area contributed by atoms with E-state index >= 15 is 0 Å². The number of aliphatic hydroxyl groups excluding tert-OH is 2. The van der Waals surface area contributed by atoms with Gasteiger partial charge < -0.3 is 30.2 Å². The van der Waals surface area contributed by atoms with Gasteiger partial charge >= 0.3 is 5.95 Å². The minimum Gasteiger partial charge on any atom is -0.390 e. The molecule has 11 nitrogen and oxygen atoms in total. The number of carbonyl (C=O) groups is 2. The van der Waals surface area contributed by atoms with Crippen LogP contribution >= 0.6 is 0 Å². The van der Waals surface area contributed by atoms with Crippen molar-refractivity contribution < 1.29 is 34.6 Å². The normalized spacial score (nSPS) is 25.5. The summed E-state index contributed by atoms with van der Waals surface area (Å²) in [6.07, 6.45) is -5.60. The molecule has 4 rings (SSSR count). The largest absolute Gasteiger partial charge is 0.436 e. The van der Waals surface area contributed by atoms with Gasteiger partial charge in [0.2, 0.25) is 6.23 Å². The van der Waals surface area contributed by atoms with Crippen molar-refractivity contribution in [3.8, 4) is 0 Å². The zero-order chi connectivity index (χ0) is 23.8. The van der Waals surface area contributed by atoms with E-state index in [1.807, 2.05) is 0 Å². The van der Waals surface area contributed by atoms with Crippen LogP contribution < -0.4 is 0 Å². The summed E-state index contributed by atoms with van der Waals surface area (Å²) in [6, 6.07) is 15.1. The van der Waals surface area contributed by atoms with Gasteiger partial charge in [-0.3, -0.25) is 9.59 Å². The standard InChI is InChI=1S/C22H19N3O8/c26-15(13-7-3-1-4-8-13)16(27)19-22(30,17(28)14-9-5-2-6-10-14)18(29)20(33-19)24-12-11-23-21(24)25(31)32/h1-12,16,18-20,27,29-30H/t16?,18-,19-,20-,22+/m1/s1. The van der Waals surface area contributed by atoms with E-state index in [-0.39, 0.29) is 11.1 Å². The molecule has 0 aliphatic carbocycles. The van der Waals surface area contributed by atoms with E-state index in [0.29, 0.717) is 0 Å². The van der Waals surface area contributed by atoms with Gasteiger partial charge in [-0.15, -0.1) is 0 Å². The number of nitro groups is 1. The topological polar surface area (TPSA) is 165 Å². The molecule has 170 valence electrons. The summed E-state index contributed by atoms with van der Waals surface area (Å²) in [7, 11) is 0. The van der Waals surface area contributed by atoms with Crippen LogP contribution in [0.5, 0.6) is 0 Å². The fraction of sp³-hybridized carbons (Fsp3) is 0.227. The van der Waals surface area contributed by atoms with Crippen molar-refractivity contribution in [2.75, 3.05) is 0 Å². The molecule has 1 aliphatic heterocycles. The van der Waals surface area contributed by atoms with Gasteiger partial charge in [-0.2, -0.15) is 4.57 Å². The number of Topliss-reactive ketones (excluding diaryl/α,β-unsaturated/α-hetero) is 2. The van der Waals surface area contributed by atoms with Crippen molar-refractivity contribution in [1.82, 2.24) is 9.55 Å². The Balaban J connectivity index is 1.79. The molecule has 0 spiro atoms. The van der Waals surface area contributed by atoms with Gasteiger partial charge in [0.05, 0.1) is 0 Å². The number of hydrogen-bond acceptors (Lipinski definition) is 9. The Hall–Kier alpha value is -3.77. The maximum Gasteiger partial charge on any atom is 0.436 e. The number of benzene rings is 2. The Morgan fingerprint density at radius 2 is 1.67 bits per heavy atom. The lowest BCUT2D eigenvalue weighted by Crippen LogP contribution is -2.59. The van der Waals surface area contributed by atoms with Crippen molar-refractivity contribution in [2.24, 2.45) is 0 Å². The highest BCUT2D eigenvalue weighted by Crippen LogP contribution is 2.42. The van der Waals surface area contributed by atoms with Gasteiger partial charge in [-0.05, 0) is 4.92 Å². The highest BCUT2D eigenvalue weighted by atomic mass is 16.6. The molecule has 3 aromatic rings. The molecule has 1 saturated heterocycles. The van der Waals surface area contributed by atoms with E-state index in [4.69, 9.17) is 4.74 Å². The molecule has 0 radical (unpaired) electrons. The lowest BCUT2D eigenvalue weighted by Gasteiger charge is -2.31. The summed E-state index contributed by atoms with van der Waals surface area (Å²) in [5, 5.41) is 44.6. The first-order valence-electron chi connectivity index (χ1n) is 9.87. The minimum absolute atomic E-state index is 0.0206. The van der Waals surface area contributed by atoms with Crippen LogP contribution in [-0.2, 0) is 4.74 Å². The highest BCUT2D eigenvalue weighted by molar-refractivity contribution is 6.05. The molecular formula is C22H19N3O8. The van der Waals surface area contributed by atoms with E-state index in [0.717, 1.165) is 17.0 Å². The predicted octanol–water partition coefficient (Wildman–Crippen LogP) is 0.907. The van der Waals surface area contributed by atoms with E-state index in [9.17, 15) is 35.0 Å². The van der Waals surface area contributed by atoms with Crippen LogP contribution in [0, 0.1) is 10.1 Å². The average Bonchev–Trinajstić information content (AvgIpc) is 3.43. The Labute approximate surface area is 186 Å². The Kier molecular flexibility index (Phi) is 5.87. The molecule has 0 amide bonds. The van der Waals surface area contributed by atoms with Crippen molar-refractivity contribution in [1.29, 1.82) is 0 Å². The van der Waals surface area contributed by atoms with Crippen LogP contribution in [0.25, 0.3) is 0 Å². The second-order valence-corrected chi connectivity index (χ2v) is 7.48. The van der Waals surface area contributed by atoms with Crippen LogP contribution in [0.2, 0.25) is 0 Å². The molecule has 33 heavy (non-hydrogen) atoms. The quantitative estimate of drug-likeness (QED) is 0.268. The smallest absolute Gasteiger partial charge is 0.390 e. The number of nitrogens with zero attached hydrogens (tertiary/aromatic N) is 3. The zero-order valence-electron chi connectivity index (χ0n) is 17.0. The summed E-state index contributed by atoms with van der Waals surface area (Å²) in [6.45, 7) is 0. The summed E-state index contributed by atoms with van der Waals surface area (Å²) in [4.78, 5) is 40.3. The summed E-state index contributed by atoms with van der Waals surface area (Å²) in [5.74, 6) is -2.61. The average molecular weight is 453 g/mol. The number of aliphatic hydroxyl groups is 3. The lowest BCUT2D eigenvalue weighted by atomic mass is 9.80. The maximum absolute atomic E-state index is 13.3. The number of hydrogen-bond donors (Lipinski definition) is 3. The van der Waals surface area contributed by atoms with Crippen molar-refractivity contribution in [2.45, 2.75) is 30.1 Å². The van der Waals surface area contributed by atoms with E-state index in [1.165, 1.54) is 36.4 Å². The number of ether oxygens (including phenoxy) is 1. The first-order chi connectivity index (χ1) is 15.8. The minimum atomic E-state index is -2.81. The van der Waals surface area contributed by atoms with Crippen molar-refractivity contribution >= 4 is 17.5 Å². The van der Waals surface area contributed by atoms with Gasteiger partial charge in [0.25, 0.3) is 0 Å². The highest BCUT2D eigenvalue weighted by Gasteiger charge is 2.65. The molecule has 1 unspecified atom stereocenters. The second kappa shape index (κ2) is 8.64. The Morgan fingerprint density at radius 3 is 2.24 bits per heavy atom. The Bertz CT molecular complexity index is 1180. The summed E-state index contributed by atoms with van der Waals surface area (Å²) >= 11 is 0. The molecule has 5 atom stereocenters. The van der Waals surface area contributed by atoms with E-state index < -0.39 is 52.6 Å². The summed E-state index contributed by atoms with van der Waals surface area (Å²) < 4.78 is 6.41. The first-order valence-corrected chi connectivity index (χ1v) is 9.87. The maximum atomic E-state index is 13.3.